The van der Waals surface area contributed by atoms with Crippen molar-refractivity contribution in [3.05, 3.63) is 52.8 Å². The van der Waals surface area contributed by atoms with Gasteiger partial charge in [-0.3, -0.25) is 0 Å². The molecule has 0 amide bonds. The maximum atomic E-state index is 13.3. The Bertz CT molecular complexity index is 865. The van der Waals surface area contributed by atoms with E-state index in [9.17, 15) is 12.8 Å². The number of halogens is 2. The molecular formula is C17H18ClFN2O2S. The van der Waals surface area contributed by atoms with E-state index in [1.54, 1.807) is 24.3 Å². The summed E-state index contributed by atoms with van der Waals surface area (Å²) in [5, 5.41) is 3.12. The number of nitrogens with zero attached hydrogens (tertiary/aromatic N) is 1. The normalized spacial score (nSPS) is 15.6. The molecule has 0 radical (unpaired) electrons. The zero-order chi connectivity index (χ0) is 17.3. The molecule has 1 aliphatic rings. The molecule has 2 aromatic carbocycles. The Hall–Kier alpha value is -1.63. The Morgan fingerprint density at radius 2 is 1.83 bits per heavy atom. The smallest absolute Gasteiger partial charge is 0.243 e. The van der Waals surface area contributed by atoms with Crippen LogP contribution < -0.4 is 5.32 Å². The van der Waals surface area contributed by atoms with Crippen molar-refractivity contribution in [1.29, 1.82) is 0 Å². The molecule has 0 aromatic heterocycles. The van der Waals surface area contributed by atoms with Gasteiger partial charge in [0.05, 0.1) is 9.92 Å². The van der Waals surface area contributed by atoms with E-state index in [0.29, 0.717) is 24.5 Å². The number of hydrogen-bond acceptors (Lipinski definition) is 3. The summed E-state index contributed by atoms with van der Waals surface area (Å²) in [7, 11) is -3.48. The highest BCUT2D eigenvalue weighted by atomic mass is 35.5. The van der Waals surface area contributed by atoms with Crippen LogP contribution in [0.3, 0.4) is 0 Å². The highest BCUT2D eigenvalue weighted by Gasteiger charge is 2.27. The Morgan fingerprint density at radius 3 is 2.50 bits per heavy atom. The molecule has 0 unspecified atom stereocenters. The summed E-state index contributed by atoms with van der Waals surface area (Å²) in [5.74, 6) is -0.496. The van der Waals surface area contributed by atoms with Gasteiger partial charge >= 0.3 is 0 Å². The van der Waals surface area contributed by atoms with E-state index >= 15 is 0 Å². The topological polar surface area (TPSA) is 49.4 Å². The Balaban J connectivity index is 1.92. The molecule has 1 heterocycles. The predicted molar refractivity (Wildman–Crippen MR) is 93.9 cm³/mol. The molecule has 0 spiro atoms. The van der Waals surface area contributed by atoms with Crippen LogP contribution in [-0.4, -0.2) is 25.8 Å². The van der Waals surface area contributed by atoms with E-state index in [1.165, 1.54) is 16.4 Å². The molecule has 4 nitrogen and oxygen atoms in total. The monoisotopic (exact) mass is 368 g/mol. The van der Waals surface area contributed by atoms with E-state index in [4.69, 9.17) is 11.6 Å². The lowest BCUT2D eigenvalue weighted by atomic mass is 10.2. The molecule has 0 bridgehead atoms. The third-order valence-electron chi connectivity index (χ3n) is 4.11. The van der Waals surface area contributed by atoms with E-state index in [2.05, 4.69) is 5.32 Å². The summed E-state index contributed by atoms with van der Waals surface area (Å²) in [6.07, 6.45) is 1.79. The van der Waals surface area contributed by atoms with Crippen LogP contribution in [0.25, 0.3) is 0 Å². The summed E-state index contributed by atoms with van der Waals surface area (Å²) in [6.45, 7) is 3.00. The minimum Gasteiger partial charge on any atom is -0.355 e. The number of hydrogen-bond donors (Lipinski definition) is 1. The van der Waals surface area contributed by atoms with Crippen LogP contribution >= 0.6 is 11.6 Å². The summed E-state index contributed by atoms with van der Waals surface area (Å²) in [4.78, 5) is 0.255. The van der Waals surface area contributed by atoms with Crippen molar-refractivity contribution >= 4 is 33.0 Å². The molecule has 3 rings (SSSR count). The highest BCUT2D eigenvalue weighted by Crippen LogP contribution is 2.28. The van der Waals surface area contributed by atoms with Gasteiger partial charge in [-0.1, -0.05) is 17.7 Å². The minimum atomic E-state index is -3.48. The Kier molecular flexibility index (Phi) is 4.80. The number of anilines is 2. The van der Waals surface area contributed by atoms with E-state index in [-0.39, 0.29) is 9.92 Å². The van der Waals surface area contributed by atoms with Gasteiger partial charge < -0.3 is 5.32 Å². The number of nitrogens with one attached hydrogen (secondary N) is 1. The highest BCUT2D eigenvalue weighted by molar-refractivity contribution is 7.89. The lowest BCUT2D eigenvalue weighted by Gasteiger charge is -2.17. The predicted octanol–water partition coefficient (Wildman–Crippen LogP) is 4.32. The van der Waals surface area contributed by atoms with Gasteiger partial charge in [0, 0.05) is 24.5 Å². The van der Waals surface area contributed by atoms with Crippen LogP contribution in [0, 0.1) is 12.7 Å². The van der Waals surface area contributed by atoms with Gasteiger partial charge in [-0.2, -0.15) is 4.31 Å². The number of benzene rings is 2. The molecule has 128 valence electrons. The van der Waals surface area contributed by atoms with Crippen molar-refractivity contribution in [2.24, 2.45) is 0 Å². The van der Waals surface area contributed by atoms with Gasteiger partial charge in [0.2, 0.25) is 10.0 Å². The maximum absolute atomic E-state index is 13.3. The van der Waals surface area contributed by atoms with Gasteiger partial charge in [-0.25, -0.2) is 12.8 Å². The van der Waals surface area contributed by atoms with Crippen molar-refractivity contribution in [1.82, 2.24) is 4.31 Å². The first kappa shape index (κ1) is 17.2. The first-order valence-electron chi connectivity index (χ1n) is 7.71. The molecule has 1 saturated heterocycles. The number of rotatable bonds is 4. The van der Waals surface area contributed by atoms with E-state index in [0.717, 1.165) is 18.4 Å². The lowest BCUT2D eigenvalue weighted by molar-refractivity contribution is 0.477. The fourth-order valence-electron chi connectivity index (χ4n) is 2.70. The average molecular weight is 369 g/mol. The molecular weight excluding hydrogens is 351 g/mol. The summed E-state index contributed by atoms with van der Waals surface area (Å²) in [5.41, 5.74) is 2.13. The number of aryl methyl sites for hydroxylation is 1. The second-order valence-electron chi connectivity index (χ2n) is 5.84. The fourth-order valence-corrected chi connectivity index (χ4v) is 4.43. The zero-order valence-electron chi connectivity index (χ0n) is 13.2. The van der Waals surface area contributed by atoms with Gasteiger partial charge in [0.25, 0.3) is 0 Å². The van der Waals surface area contributed by atoms with Gasteiger partial charge in [-0.15, -0.1) is 0 Å². The van der Waals surface area contributed by atoms with Gasteiger partial charge in [-0.05, 0) is 55.7 Å². The maximum Gasteiger partial charge on any atom is 0.243 e. The third kappa shape index (κ3) is 3.41. The standard InChI is InChI=1S/C17H18ClFN2O2S/c1-12-4-6-14(24(22,23)21-8-2-3-9-21)11-17(12)20-13-5-7-16(19)15(18)10-13/h4-7,10-11,20H,2-3,8-9H2,1H3. The van der Waals surface area contributed by atoms with Crippen LogP contribution in [0.4, 0.5) is 15.8 Å². The SMILES string of the molecule is Cc1ccc(S(=O)(=O)N2CCCC2)cc1Nc1ccc(F)c(Cl)c1. The second kappa shape index (κ2) is 6.70. The molecule has 0 atom stereocenters. The second-order valence-corrected chi connectivity index (χ2v) is 8.19. The summed E-state index contributed by atoms with van der Waals surface area (Å²) in [6, 6.07) is 9.29. The van der Waals surface area contributed by atoms with Crippen molar-refractivity contribution < 1.29 is 12.8 Å². The first-order valence-corrected chi connectivity index (χ1v) is 9.52. The Morgan fingerprint density at radius 1 is 1.12 bits per heavy atom. The van der Waals surface area contributed by atoms with E-state index in [1.807, 2.05) is 6.92 Å². The molecule has 1 fully saturated rings. The summed E-state index contributed by atoms with van der Waals surface area (Å²) >= 11 is 5.79. The largest absolute Gasteiger partial charge is 0.355 e. The zero-order valence-corrected chi connectivity index (χ0v) is 14.8. The van der Waals surface area contributed by atoms with Crippen molar-refractivity contribution in [3.8, 4) is 0 Å². The number of sulfonamides is 1. The molecule has 0 aliphatic carbocycles. The third-order valence-corrected chi connectivity index (χ3v) is 6.29. The lowest BCUT2D eigenvalue weighted by Crippen LogP contribution is -2.27. The van der Waals surface area contributed by atoms with Gasteiger partial charge in [0.15, 0.2) is 0 Å². The molecule has 0 saturated carbocycles. The minimum absolute atomic E-state index is 0.0125. The van der Waals surface area contributed by atoms with Crippen molar-refractivity contribution in [3.63, 3.8) is 0 Å². The van der Waals surface area contributed by atoms with Crippen LogP contribution in [0.2, 0.25) is 5.02 Å². The summed E-state index contributed by atoms with van der Waals surface area (Å²) < 4.78 is 40.1. The van der Waals surface area contributed by atoms with Crippen LogP contribution in [0.1, 0.15) is 18.4 Å². The first-order chi connectivity index (χ1) is 11.4. The fraction of sp³-hybridized carbons (Fsp3) is 0.294. The van der Waals surface area contributed by atoms with Crippen LogP contribution in [0.5, 0.6) is 0 Å². The van der Waals surface area contributed by atoms with Gasteiger partial charge in [0.1, 0.15) is 5.82 Å². The average Bonchev–Trinajstić information content (AvgIpc) is 3.08. The molecule has 24 heavy (non-hydrogen) atoms. The molecule has 7 heteroatoms. The van der Waals surface area contributed by atoms with Crippen LogP contribution in [0.15, 0.2) is 41.3 Å². The molecule has 1 aliphatic heterocycles. The molecule has 2 aromatic rings. The Labute approximate surface area is 146 Å². The van der Waals surface area contributed by atoms with E-state index < -0.39 is 15.8 Å². The quantitative estimate of drug-likeness (QED) is 0.874. The molecule has 1 N–H and O–H groups in total. The van der Waals surface area contributed by atoms with Crippen LogP contribution in [-0.2, 0) is 10.0 Å². The van der Waals surface area contributed by atoms with Crippen molar-refractivity contribution in [2.45, 2.75) is 24.7 Å². The van der Waals surface area contributed by atoms with Crippen molar-refractivity contribution in [2.75, 3.05) is 18.4 Å².